The molecule has 0 N–H and O–H groups in total. The summed E-state index contributed by atoms with van der Waals surface area (Å²) in [6.07, 6.45) is 6.20. The summed E-state index contributed by atoms with van der Waals surface area (Å²) in [5.41, 5.74) is 2.62. The number of benzene rings is 1. The van der Waals surface area contributed by atoms with Crippen LogP contribution in [0.1, 0.15) is 49.0 Å². The van der Waals surface area contributed by atoms with E-state index in [-0.39, 0.29) is 11.8 Å². The Kier molecular flexibility index (Phi) is 7.15. The van der Waals surface area contributed by atoms with Crippen molar-refractivity contribution in [3.8, 4) is 11.1 Å². The first-order chi connectivity index (χ1) is 11.7. The van der Waals surface area contributed by atoms with Gasteiger partial charge in [0.05, 0.1) is 7.11 Å². The molecule has 0 spiro atoms. The van der Waals surface area contributed by atoms with Crippen LogP contribution >= 0.6 is 0 Å². The molecule has 24 heavy (non-hydrogen) atoms. The zero-order valence-electron chi connectivity index (χ0n) is 14.0. The Morgan fingerprint density at radius 3 is 2.21 bits per heavy atom. The highest BCUT2D eigenvalue weighted by atomic mass is 16.5. The summed E-state index contributed by atoms with van der Waals surface area (Å²) in [5, 5.41) is 0. The van der Waals surface area contributed by atoms with Crippen LogP contribution in [0.5, 0.6) is 0 Å². The van der Waals surface area contributed by atoms with Crippen LogP contribution in [0.4, 0.5) is 0 Å². The van der Waals surface area contributed by atoms with Crippen molar-refractivity contribution < 1.29 is 14.3 Å². The van der Waals surface area contributed by atoms with Crippen LogP contribution in [0.15, 0.2) is 48.7 Å². The lowest BCUT2D eigenvalue weighted by Gasteiger charge is -2.04. The highest BCUT2D eigenvalue weighted by molar-refractivity contribution is 5.94. The predicted molar refractivity (Wildman–Crippen MR) is 93.7 cm³/mol. The molecule has 0 aliphatic carbocycles. The third-order valence-electron chi connectivity index (χ3n) is 3.92. The summed E-state index contributed by atoms with van der Waals surface area (Å²) in [6, 6.07) is 13.7. The van der Waals surface area contributed by atoms with E-state index in [9.17, 15) is 9.59 Å². The van der Waals surface area contributed by atoms with Crippen LogP contribution in [0, 0.1) is 0 Å². The van der Waals surface area contributed by atoms with Crippen LogP contribution in [0.25, 0.3) is 11.1 Å². The molecule has 0 aliphatic rings. The summed E-state index contributed by atoms with van der Waals surface area (Å²) < 4.78 is 4.59. The molecule has 1 aromatic heterocycles. The lowest BCUT2D eigenvalue weighted by Crippen LogP contribution is -2.02. The summed E-state index contributed by atoms with van der Waals surface area (Å²) in [7, 11) is 1.40. The molecule has 0 saturated carbocycles. The quantitative estimate of drug-likeness (QED) is 0.388. The van der Waals surface area contributed by atoms with Crippen molar-refractivity contribution in [3.63, 3.8) is 0 Å². The number of rotatable bonds is 9. The number of methoxy groups -OCH3 is 1. The number of Topliss-reactive ketones (excluding diaryl/α,β-unsaturated/α-hetero) is 1. The van der Waals surface area contributed by atoms with Crippen molar-refractivity contribution >= 4 is 11.8 Å². The van der Waals surface area contributed by atoms with Gasteiger partial charge in [0.1, 0.15) is 5.69 Å². The fourth-order valence-corrected chi connectivity index (χ4v) is 2.50. The van der Waals surface area contributed by atoms with E-state index in [1.165, 1.54) is 7.11 Å². The summed E-state index contributed by atoms with van der Waals surface area (Å²) in [6.45, 7) is 0. The first-order valence-electron chi connectivity index (χ1n) is 8.32. The smallest absolute Gasteiger partial charge is 0.305 e. The van der Waals surface area contributed by atoms with Crippen molar-refractivity contribution in [2.24, 2.45) is 0 Å². The lowest BCUT2D eigenvalue weighted by molar-refractivity contribution is -0.140. The molecule has 0 radical (unpaired) electrons. The third kappa shape index (κ3) is 5.61. The molecule has 1 aromatic carbocycles. The monoisotopic (exact) mass is 325 g/mol. The number of aromatic nitrogens is 1. The Morgan fingerprint density at radius 1 is 0.875 bits per heavy atom. The molecule has 0 amide bonds. The average molecular weight is 325 g/mol. The Bertz CT molecular complexity index is 650. The van der Waals surface area contributed by atoms with Gasteiger partial charge in [-0.1, -0.05) is 49.2 Å². The zero-order chi connectivity index (χ0) is 17.2. The number of carbonyl (C=O) groups is 2. The van der Waals surface area contributed by atoms with Crippen molar-refractivity contribution in [1.82, 2.24) is 4.98 Å². The number of hydrogen-bond acceptors (Lipinski definition) is 4. The Balaban J connectivity index is 1.74. The fraction of sp³-hybridized carbons (Fsp3) is 0.350. The van der Waals surface area contributed by atoms with Crippen molar-refractivity contribution in [2.45, 2.75) is 38.5 Å². The summed E-state index contributed by atoms with van der Waals surface area (Å²) in [4.78, 5) is 27.4. The Morgan fingerprint density at radius 2 is 1.58 bits per heavy atom. The van der Waals surface area contributed by atoms with E-state index >= 15 is 0 Å². The van der Waals surface area contributed by atoms with Crippen LogP contribution in [0.2, 0.25) is 0 Å². The van der Waals surface area contributed by atoms with E-state index in [2.05, 4.69) is 9.72 Å². The zero-order valence-corrected chi connectivity index (χ0v) is 14.0. The van der Waals surface area contributed by atoms with E-state index in [4.69, 9.17) is 0 Å². The van der Waals surface area contributed by atoms with E-state index in [1.54, 1.807) is 12.3 Å². The van der Waals surface area contributed by atoms with Gasteiger partial charge in [0.15, 0.2) is 5.78 Å². The number of nitrogens with zero attached hydrogens (tertiary/aromatic N) is 1. The summed E-state index contributed by atoms with van der Waals surface area (Å²) >= 11 is 0. The molecule has 1 heterocycles. The molecule has 2 aromatic rings. The maximum absolute atomic E-state index is 12.1. The van der Waals surface area contributed by atoms with E-state index in [0.29, 0.717) is 18.5 Å². The number of hydrogen-bond donors (Lipinski definition) is 0. The van der Waals surface area contributed by atoms with E-state index in [0.717, 1.165) is 36.8 Å². The van der Waals surface area contributed by atoms with Gasteiger partial charge in [0.2, 0.25) is 0 Å². The number of pyridine rings is 1. The van der Waals surface area contributed by atoms with Gasteiger partial charge in [0, 0.05) is 24.6 Å². The Hall–Kier alpha value is -2.49. The number of unbranched alkanes of at least 4 members (excludes halogenated alkanes) is 3. The summed E-state index contributed by atoms with van der Waals surface area (Å²) in [5.74, 6) is -0.101. The van der Waals surface area contributed by atoms with Crippen molar-refractivity contribution in [2.75, 3.05) is 7.11 Å². The minimum absolute atomic E-state index is 0.0718. The third-order valence-corrected chi connectivity index (χ3v) is 3.92. The van der Waals surface area contributed by atoms with Gasteiger partial charge in [-0.3, -0.25) is 14.6 Å². The molecule has 0 fully saturated rings. The molecule has 2 rings (SSSR count). The van der Waals surface area contributed by atoms with E-state index < -0.39 is 0 Å². The van der Waals surface area contributed by atoms with E-state index in [1.807, 2.05) is 36.4 Å². The highest BCUT2D eigenvalue weighted by Crippen LogP contribution is 2.18. The van der Waals surface area contributed by atoms with Crippen molar-refractivity contribution in [1.29, 1.82) is 0 Å². The molecule has 0 atom stereocenters. The van der Waals surface area contributed by atoms with Gasteiger partial charge >= 0.3 is 5.97 Å². The molecule has 0 aliphatic heterocycles. The molecule has 4 heteroatoms. The number of carbonyl (C=O) groups excluding carboxylic acids is 2. The van der Waals surface area contributed by atoms with Crippen LogP contribution < -0.4 is 0 Å². The minimum atomic E-state index is -0.172. The SMILES string of the molecule is COC(=O)CCCCCCC(=O)c1ccc(-c2ccccc2)cn1. The molecule has 4 nitrogen and oxygen atoms in total. The molecule has 0 unspecified atom stereocenters. The minimum Gasteiger partial charge on any atom is -0.469 e. The topological polar surface area (TPSA) is 56.3 Å². The number of esters is 1. The average Bonchev–Trinajstić information content (AvgIpc) is 2.65. The number of ketones is 1. The molecule has 0 saturated heterocycles. The van der Waals surface area contributed by atoms with Gasteiger partial charge in [0.25, 0.3) is 0 Å². The normalized spacial score (nSPS) is 10.4. The second kappa shape index (κ2) is 9.60. The first kappa shape index (κ1) is 17.9. The first-order valence-corrected chi connectivity index (χ1v) is 8.32. The molecular weight excluding hydrogens is 302 g/mol. The van der Waals surface area contributed by atoms with Gasteiger partial charge in [-0.15, -0.1) is 0 Å². The second-order valence-corrected chi connectivity index (χ2v) is 5.71. The Labute approximate surface area is 142 Å². The fourth-order valence-electron chi connectivity index (χ4n) is 2.50. The molecule has 0 bridgehead atoms. The van der Waals surface area contributed by atoms with Crippen LogP contribution in [0.3, 0.4) is 0 Å². The second-order valence-electron chi connectivity index (χ2n) is 5.71. The van der Waals surface area contributed by atoms with Crippen LogP contribution in [-0.2, 0) is 9.53 Å². The molecular formula is C20H23NO3. The maximum atomic E-state index is 12.1. The van der Waals surface area contributed by atoms with Crippen LogP contribution in [-0.4, -0.2) is 23.8 Å². The lowest BCUT2D eigenvalue weighted by atomic mass is 10.0. The maximum Gasteiger partial charge on any atom is 0.305 e. The van der Waals surface area contributed by atoms with Gasteiger partial charge in [-0.25, -0.2) is 0 Å². The highest BCUT2D eigenvalue weighted by Gasteiger charge is 2.08. The van der Waals surface area contributed by atoms with Gasteiger partial charge < -0.3 is 4.74 Å². The molecule has 126 valence electrons. The number of ether oxygens (including phenoxy) is 1. The predicted octanol–water partition coefficient (Wildman–Crippen LogP) is 4.44. The standard InChI is InChI=1S/C20H23NO3/c1-24-20(23)12-8-3-2-7-11-19(22)18-14-13-17(15-21-18)16-9-5-4-6-10-16/h4-6,9-10,13-15H,2-3,7-8,11-12H2,1H3. The van der Waals surface area contributed by atoms with Crippen molar-refractivity contribution in [3.05, 3.63) is 54.4 Å². The largest absolute Gasteiger partial charge is 0.469 e. The van der Waals surface area contributed by atoms with Gasteiger partial charge in [-0.2, -0.15) is 0 Å². The van der Waals surface area contributed by atoms with Gasteiger partial charge in [-0.05, 0) is 24.5 Å².